The van der Waals surface area contributed by atoms with Crippen molar-refractivity contribution in [1.29, 1.82) is 0 Å². The average molecular weight is 186 g/mol. The van der Waals surface area contributed by atoms with Gasteiger partial charge in [0.05, 0.1) is 0 Å². The first kappa shape index (κ1) is 10.4. The Morgan fingerprint density at radius 3 is 2.77 bits per heavy atom. The van der Waals surface area contributed by atoms with E-state index in [0.717, 1.165) is 12.1 Å². The van der Waals surface area contributed by atoms with Crippen molar-refractivity contribution >= 4 is 0 Å². The van der Waals surface area contributed by atoms with Gasteiger partial charge >= 0.3 is 0 Å². The fourth-order valence-corrected chi connectivity index (χ4v) is 1.78. The van der Waals surface area contributed by atoms with Crippen molar-refractivity contribution in [2.24, 2.45) is 0 Å². The molecule has 0 bridgehead atoms. The van der Waals surface area contributed by atoms with Crippen LogP contribution < -0.4 is 10.1 Å². The lowest BCUT2D eigenvalue weighted by molar-refractivity contribution is -0.958. The standard InChI is InChI=1S/C8H12N2O2.H2O/c11-9-5-6-10(12)8-4-2-1-3-7(8)9;/h1-3,8-10H,4-6H2;1H2. The van der Waals surface area contributed by atoms with Gasteiger partial charge in [-0.15, -0.1) is 0 Å². The molecule has 0 spiro atoms. The molecule has 3 atom stereocenters. The van der Waals surface area contributed by atoms with Gasteiger partial charge in [-0.05, 0) is 0 Å². The first-order valence-electron chi connectivity index (χ1n) is 4.21. The van der Waals surface area contributed by atoms with E-state index in [1.807, 2.05) is 12.2 Å². The maximum atomic E-state index is 11.3. The van der Waals surface area contributed by atoms with E-state index in [-0.39, 0.29) is 21.6 Å². The number of hydroxylamine groups is 4. The van der Waals surface area contributed by atoms with E-state index < -0.39 is 0 Å². The highest BCUT2D eigenvalue weighted by Crippen LogP contribution is 2.05. The summed E-state index contributed by atoms with van der Waals surface area (Å²) in [5.74, 6) is 0. The van der Waals surface area contributed by atoms with Crippen molar-refractivity contribution < 1.29 is 15.6 Å². The Labute approximate surface area is 76.4 Å². The third-order valence-corrected chi connectivity index (χ3v) is 2.47. The molecule has 2 aliphatic rings. The van der Waals surface area contributed by atoms with Gasteiger partial charge in [-0.3, -0.25) is 0 Å². The number of nitrogens with one attached hydrogen (secondary N) is 2. The zero-order chi connectivity index (χ0) is 8.55. The SMILES string of the molecule is O.[O-][NH+]1CC[NH+]([O-])C2CC=CC=C21. The van der Waals surface area contributed by atoms with Crippen LogP contribution in [0.3, 0.4) is 0 Å². The molecule has 2 rings (SSSR count). The number of hydrogen-bond donors (Lipinski definition) is 2. The van der Waals surface area contributed by atoms with E-state index in [1.165, 1.54) is 0 Å². The van der Waals surface area contributed by atoms with Gasteiger partial charge in [0.1, 0.15) is 13.1 Å². The highest BCUT2D eigenvalue weighted by atomic mass is 16.5. The summed E-state index contributed by atoms with van der Waals surface area (Å²) < 4.78 is 0. The van der Waals surface area contributed by atoms with Gasteiger partial charge in [-0.25, -0.2) is 0 Å². The lowest BCUT2D eigenvalue weighted by atomic mass is 10.0. The second kappa shape index (κ2) is 3.99. The van der Waals surface area contributed by atoms with Crippen molar-refractivity contribution in [3.8, 4) is 0 Å². The van der Waals surface area contributed by atoms with Gasteiger partial charge in [0.25, 0.3) is 0 Å². The van der Waals surface area contributed by atoms with Crippen LogP contribution in [0, 0.1) is 10.4 Å². The molecule has 4 N–H and O–H groups in total. The molecule has 0 saturated carbocycles. The minimum atomic E-state index is -0.115. The predicted molar refractivity (Wildman–Crippen MR) is 47.6 cm³/mol. The summed E-state index contributed by atoms with van der Waals surface area (Å²) in [6, 6.07) is -0.115. The maximum Gasteiger partial charge on any atom is 0.166 e. The van der Waals surface area contributed by atoms with Crippen LogP contribution in [0.5, 0.6) is 0 Å². The Bertz CT molecular complexity index is 240. The van der Waals surface area contributed by atoms with Gasteiger partial charge in [0.15, 0.2) is 11.7 Å². The lowest BCUT2D eigenvalue weighted by Crippen LogP contribution is -3.25. The zero-order valence-corrected chi connectivity index (χ0v) is 7.25. The second-order valence-electron chi connectivity index (χ2n) is 3.23. The molecule has 0 radical (unpaired) electrons. The van der Waals surface area contributed by atoms with Crippen LogP contribution in [-0.2, 0) is 0 Å². The van der Waals surface area contributed by atoms with Crippen molar-refractivity contribution in [3.63, 3.8) is 0 Å². The summed E-state index contributed by atoms with van der Waals surface area (Å²) in [5, 5.41) is 23.1. The molecule has 0 amide bonds. The van der Waals surface area contributed by atoms with E-state index in [4.69, 9.17) is 0 Å². The summed E-state index contributed by atoms with van der Waals surface area (Å²) in [5.41, 5.74) is 0.730. The first-order chi connectivity index (χ1) is 5.79. The van der Waals surface area contributed by atoms with Crippen LogP contribution in [0.15, 0.2) is 23.9 Å². The largest absolute Gasteiger partial charge is 0.634 e. The Hall–Kier alpha value is -0.720. The number of piperazine rings is 1. The average Bonchev–Trinajstić information content (AvgIpc) is 2.12. The number of quaternary nitrogens is 2. The molecule has 1 aliphatic carbocycles. The minimum Gasteiger partial charge on any atom is -0.634 e. The number of rotatable bonds is 0. The fourth-order valence-electron chi connectivity index (χ4n) is 1.78. The number of hydrogen-bond acceptors (Lipinski definition) is 2. The summed E-state index contributed by atoms with van der Waals surface area (Å²) in [6.07, 6.45) is 6.32. The van der Waals surface area contributed by atoms with Gasteiger partial charge < -0.3 is 26.0 Å². The zero-order valence-electron chi connectivity index (χ0n) is 7.25. The Morgan fingerprint density at radius 2 is 2.08 bits per heavy atom. The third-order valence-electron chi connectivity index (χ3n) is 2.47. The molecule has 5 heteroatoms. The summed E-state index contributed by atoms with van der Waals surface area (Å²) in [6.45, 7) is 0.851. The number of allylic oxidation sites excluding steroid dienone is 2. The highest BCUT2D eigenvalue weighted by Gasteiger charge is 2.31. The first-order valence-corrected chi connectivity index (χ1v) is 4.21. The van der Waals surface area contributed by atoms with Gasteiger partial charge in [0, 0.05) is 12.5 Å². The summed E-state index contributed by atoms with van der Waals surface area (Å²) >= 11 is 0. The van der Waals surface area contributed by atoms with E-state index in [9.17, 15) is 10.4 Å². The summed E-state index contributed by atoms with van der Waals surface area (Å²) in [4.78, 5) is 0. The van der Waals surface area contributed by atoms with Crippen LogP contribution in [0.2, 0.25) is 0 Å². The van der Waals surface area contributed by atoms with E-state index >= 15 is 0 Å². The van der Waals surface area contributed by atoms with E-state index in [2.05, 4.69) is 0 Å². The molecule has 1 aliphatic heterocycles. The second-order valence-corrected chi connectivity index (χ2v) is 3.23. The van der Waals surface area contributed by atoms with E-state index in [1.54, 1.807) is 6.08 Å². The van der Waals surface area contributed by atoms with Crippen molar-refractivity contribution in [3.05, 3.63) is 34.3 Å². The Kier molecular flexibility index (Phi) is 3.18. The molecule has 0 aromatic carbocycles. The molecule has 74 valence electrons. The van der Waals surface area contributed by atoms with Crippen LogP contribution in [0.25, 0.3) is 0 Å². The molecular formula is C8H14N2O3. The van der Waals surface area contributed by atoms with Crippen molar-refractivity contribution in [2.45, 2.75) is 12.5 Å². The molecule has 5 nitrogen and oxygen atoms in total. The van der Waals surface area contributed by atoms with Gasteiger partial charge in [-0.2, -0.15) is 0 Å². The van der Waals surface area contributed by atoms with Crippen LogP contribution >= 0.6 is 0 Å². The molecule has 1 saturated heterocycles. The quantitative estimate of drug-likeness (QED) is 0.399. The van der Waals surface area contributed by atoms with Gasteiger partial charge in [-0.1, -0.05) is 12.2 Å². The van der Waals surface area contributed by atoms with Crippen LogP contribution in [-0.4, -0.2) is 24.6 Å². The van der Waals surface area contributed by atoms with Crippen molar-refractivity contribution in [2.75, 3.05) is 13.1 Å². The van der Waals surface area contributed by atoms with Crippen LogP contribution in [0.1, 0.15) is 6.42 Å². The summed E-state index contributed by atoms with van der Waals surface area (Å²) in [7, 11) is 0. The van der Waals surface area contributed by atoms with Gasteiger partial charge in [0.2, 0.25) is 0 Å². The maximum absolute atomic E-state index is 11.3. The third kappa shape index (κ3) is 1.79. The fraction of sp³-hybridized carbons (Fsp3) is 0.500. The molecule has 3 unspecified atom stereocenters. The highest BCUT2D eigenvalue weighted by molar-refractivity contribution is 5.17. The lowest BCUT2D eigenvalue weighted by Gasteiger charge is -2.41. The molecule has 13 heavy (non-hydrogen) atoms. The molecule has 0 aromatic rings. The molecule has 1 fully saturated rings. The Morgan fingerprint density at radius 1 is 1.31 bits per heavy atom. The Balaban J connectivity index is 0.000000845. The molecular weight excluding hydrogens is 172 g/mol. The minimum absolute atomic E-state index is 0. The predicted octanol–water partition coefficient (Wildman–Crippen LogP) is -2.85. The van der Waals surface area contributed by atoms with Crippen molar-refractivity contribution in [1.82, 2.24) is 0 Å². The normalized spacial score (nSPS) is 37.4. The molecule has 1 heterocycles. The number of fused-ring (bicyclic) bond motifs is 1. The van der Waals surface area contributed by atoms with E-state index in [0.29, 0.717) is 13.1 Å². The smallest absolute Gasteiger partial charge is 0.166 e. The monoisotopic (exact) mass is 186 g/mol. The topological polar surface area (TPSA) is 86.5 Å². The van der Waals surface area contributed by atoms with Crippen LogP contribution in [0.4, 0.5) is 0 Å². The molecule has 0 aromatic heterocycles.